The van der Waals surface area contributed by atoms with Crippen LogP contribution in [0, 0.1) is 13.8 Å². The van der Waals surface area contributed by atoms with Crippen LogP contribution < -0.4 is 10.5 Å². The number of aryl methyl sites for hydroxylation is 2. The first-order valence-electron chi connectivity index (χ1n) is 6.99. The highest BCUT2D eigenvalue weighted by molar-refractivity contribution is 5.38. The number of hydrogen-bond donors (Lipinski definition) is 1. The number of aromatic nitrogens is 2. The molecule has 1 heterocycles. The van der Waals surface area contributed by atoms with Gasteiger partial charge in [0.2, 0.25) is 0 Å². The van der Waals surface area contributed by atoms with Gasteiger partial charge in [-0.25, -0.2) is 0 Å². The molecule has 0 atom stereocenters. The molecular formula is C16H23N3O. The molecule has 20 heavy (non-hydrogen) atoms. The summed E-state index contributed by atoms with van der Waals surface area (Å²) >= 11 is 0. The Labute approximate surface area is 120 Å². The lowest BCUT2D eigenvalue weighted by molar-refractivity contribution is 0.407. The van der Waals surface area contributed by atoms with Crippen LogP contribution in [0.3, 0.4) is 0 Å². The van der Waals surface area contributed by atoms with E-state index < -0.39 is 0 Å². The molecule has 1 aromatic heterocycles. The summed E-state index contributed by atoms with van der Waals surface area (Å²) in [5.74, 6) is 0.907. The summed E-state index contributed by atoms with van der Waals surface area (Å²) in [7, 11) is 1.71. The van der Waals surface area contributed by atoms with Crippen molar-refractivity contribution in [3.05, 3.63) is 46.3 Å². The standard InChI is InChI=1S/C16H23N3O/c1-5-13-6-7-16(20-4)14(8-13)10-19-12(3)15(9-17)11(2)18-19/h6-8H,5,9-10,17H2,1-4H3. The average Bonchev–Trinajstić information content (AvgIpc) is 2.72. The Morgan fingerprint density at radius 1 is 1.30 bits per heavy atom. The van der Waals surface area contributed by atoms with Crippen LogP contribution >= 0.6 is 0 Å². The lowest BCUT2D eigenvalue weighted by atomic mass is 10.1. The lowest BCUT2D eigenvalue weighted by Crippen LogP contribution is -2.07. The van der Waals surface area contributed by atoms with Crippen LogP contribution in [0.1, 0.15) is 35.0 Å². The summed E-state index contributed by atoms with van der Waals surface area (Å²) in [6.07, 6.45) is 1.02. The molecule has 0 saturated heterocycles. The maximum atomic E-state index is 5.78. The Bertz CT molecular complexity index is 602. The van der Waals surface area contributed by atoms with E-state index >= 15 is 0 Å². The Balaban J connectivity index is 2.38. The normalized spacial score (nSPS) is 10.8. The van der Waals surface area contributed by atoms with E-state index in [4.69, 9.17) is 10.5 Å². The number of rotatable bonds is 5. The molecule has 0 bridgehead atoms. The first kappa shape index (κ1) is 14.6. The zero-order chi connectivity index (χ0) is 14.7. The molecule has 0 aliphatic rings. The van der Waals surface area contributed by atoms with E-state index in [1.807, 2.05) is 17.7 Å². The van der Waals surface area contributed by atoms with E-state index in [1.165, 1.54) is 5.56 Å². The van der Waals surface area contributed by atoms with Crippen molar-refractivity contribution < 1.29 is 4.74 Å². The van der Waals surface area contributed by atoms with Gasteiger partial charge in [-0.3, -0.25) is 4.68 Å². The van der Waals surface area contributed by atoms with E-state index in [-0.39, 0.29) is 0 Å². The molecule has 0 unspecified atom stereocenters. The molecular weight excluding hydrogens is 250 g/mol. The molecule has 2 rings (SSSR count). The Hall–Kier alpha value is -1.81. The molecule has 0 saturated carbocycles. The molecule has 0 spiro atoms. The molecule has 2 N–H and O–H groups in total. The SMILES string of the molecule is CCc1ccc(OC)c(Cn2nc(C)c(CN)c2C)c1. The number of benzene rings is 1. The van der Waals surface area contributed by atoms with Crippen LogP contribution in [0.15, 0.2) is 18.2 Å². The van der Waals surface area contributed by atoms with Crippen molar-refractivity contribution >= 4 is 0 Å². The number of ether oxygens (including phenoxy) is 1. The van der Waals surface area contributed by atoms with Crippen LogP contribution in [0.2, 0.25) is 0 Å². The van der Waals surface area contributed by atoms with Gasteiger partial charge in [0, 0.05) is 23.4 Å². The fraction of sp³-hybridized carbons (Fsp3) is 0.438. The van der Waals surface area contributed by atoms with Crippen LogP contribution in [-0.4, -0.2) is 16.9 Å². The molecule has 0 aliphatic heterocycles. The van der Waals surface area contributed by atoms with E-state index in [2.05, 4.69) is 31.1 Å². The summed E-state index contributed by atoms with van der Waals surface area (Å²) in [6, 6.07) is 6.33. The van der Waals surface area contributed by atoms with Gasteiger partial charge in [0.1, 0.15) is 5.75 Å². The van der Waals surface area contributed by atoms with Crippen molar-refractivity contribution in [2.24, 2.45) is 5.73 Å². The number of nitrogens with two attached hydrogens (primary N) is 1. The van der Waals surface area contributed by atoms with Gasteiger partial charge >= 0.3 is 0 Å². The first-order valence-corrected chi connectivity index (χ1v) is 6.99. The fourth-order valence-corrected chi connectivity index (χ4v) is 2.52. The van der Waals surface area contributed by atoms with E-state index in [1.54, 1.807) is 7.11 Å². The van der Waals surface area contributed by atoms with Crippen LogP contribution in [0.4, 0.5) is 0 Å². The largest absolute Gasteiger partial charge is 0.496 e. The Morgan fingerprint density at radius 3 is 2.60 bits per heavy atom. The number of hydrogen-bond acceptors (Lipinski definition) is 3. The molecule has 2 aromatic rings. The van der Waals surface area contributed by atoms with Crippen molar-refractivity contribution in [3.8, 4) is 5.75 Å². The average molecular weight is 273 g/mol. The Morgan fingerprint density at radius 2 is 2.05 bits per heavy atom. The van der Waals surface area contributed by atoms with Gasteiger partial charge in [-0.05, 0) is 31.9 Å². The van der Waals surface area contributed by atoms with Crippen LogP contribution in [-0.2, 0) is 19.5 Å². The molecule has 4 heteroatoms. The minimum atomic E-state index is 0.532. The second kappa shape index (κ2) is 6.09. The zero-order valence-electron chi connectivity index (χ0n) is 12.7. The zero-order valence-corrected chi connectivity index (χ0v) is 12.7. The van der Waals surface area contributed by atoms with Gasteiger partial charge in [-0.2, -0.15) is 5.10 Å². The topological polar surface area (TPSA) is 53.1 Å². The molecule has 108 valence electrons. The summed E-state index contributed by atoms with van der Waals surface area (Å²) in [5.41, 5.74) is 11.5. The summed E-state index contributed by atoms with van der Waals surface area (Å²) in [6.45, 7) is 7.47. The molecule has 0 amide bonds. The van der Waals surface area contributed by atoms with Crippen molar-refractivity contribution in [2.75, 3.05) is 7.11 Å². The molecule has 0 aliphatic carbocycles. The summed E-state index contributed by atoms with van der Waals surface area (Å²) in [5, 5.41) is 4.59. The van der Waals surface area contributed by atoms with Gasteiger partial charge in [-0.1, -0.05) is 19.1 Å². The number of methoxy groups -OCH3 is 1. The molecule has 0 fully saturated rings. The highest BCUT2D eigenvalue weighted by atomic mass is 16.5. The second-order valence-corrected chi connectivity index (χ2v) is 5.01. The van der Waals surface area contributed by atoms with Gasteiger partial charge in [0.15, 0.2) is 0 Å². The van der Waals surface area contributed by atoms with Crippen LogP contribution in [0.25, 0.3) is 0 Å². The summed E-state index contributed by atoms with van der Waals surface area (Å²) in [4.78, 5) is 0. The fourth-order valence-electron chi connectivity index (χ4n) is 2.52. The van der Waals surface area contributed by atoms with E-state index in [0.29, 0.717) is 13.1 Å². The van der Waals surface area contributed by atoms with Gasteiger partial charge in [0.25, 0.3) is 0 Å². The molecule has 1 aromatic carbocycles. The van der Waals surface area contributed by atoms with Crippen molar-refractivity contribution in [2.45, 2.75) is 40.3 Å². The predicted octanol–water partition coefficient (Wildman–Crippen LogP) is 2.58. The van der Waals surface area contributed by atoms with Crippen molar-refractivity contribution in [1.82, 2.24) is 9.78 Å². The maximum Gasteiger partial charge on any atom is 0.123 e. The molecule has 4 nitrogen and oxygen atoms in total. The lowest BCUT2D eigenvalue weighted by Gasteiger charge is -2.11. The minimum absolute atomic E-state index is 0.532. The third-order valence-corrected chi connectivity index (χ3v) is 3.81. The van der Waals surface area contributed by atoms with Gasteiger partial charge in [-0.15, -0.1) is 0 Å². The third-order valence-electron chi connectivity index (χ3n) is 3.81. The van der Waals surface area contributed by atoms with Crippen molar-refractivity contribution in [1.29, 1.82) is 0 Å². The highest BCUT2D eigenvalue weighted by Crippen LogP contribution is 2.23. The minimum Gasteiger partial charge on any atom is -0.496 e. The Kier molecular flexibility index (Phi) is 4.45. The van der Waals surface area contributed by atoms with E-state index in [0.717, 1.165) is 34.7 Å². The maximum absolute atomic E-state index is 5.78. The van der Waals surface area contributed by atoms with Crippen LogP contribution in [0.5, 0.6) is 5.75 Å². The first-order chi connectivity index (χ1) is 9.60. The smallest absolute Gasteiger partial charge is 0.123 e. The van der Waals surface area contributed by atoms with Gasteiger partial charge in [0.05, 0.1) is 19.3 Å². The number of nitrogens with zero attached hydrogens (tertiary/aromatic N) is 2. The van der Waals surface area contributed by atoms with Gasteiger partial charge < -0.3 is 10.5 Å². The molecule has 0 radical (unpaired) electrons. The quantitative estimate of drug-likeness (QED) is 0.911. The second-order valence-electron chi connectivity index (χ2n) is 5.01. The van der Waals surface area contributed by atoms with Crippen molar-refractivity contribution in [3.63, 3.8) is 0 Å². The highest BCUT2D eigenvalue weighted by Gasteiger charge is 2.12. The van der Waals surface area contributed by atoms with E-state index in [9.17, 15) is 0 Å². The predicted molar refractivity (Wildman–Crippen MR) is 81.1 cm³/mol. The summed E-state index contributed by atoms with van der Waals surface area (Å²) < 4.78 is 7.46. The third kappa shape index (κ3) is 2.70. The monoisotopic (exact) mass is 273 g/mol.